The second-order valence-corrected chi connectivity index (χ2v) is 18.5. The summed E-state index contributed by atoms with van der Waals surface area (Å²) in [5.74, 6) is 5.39. The van der Waals surface area contributed by atoms with Crippen molar-refractivity contribution in [3.05, 3.63) is 55.4 Å². The molecular weight excluding hydrogens is 974 g/mol. The number of rotatable bonds is 13. The normalized spacial score (nSPS) is 13.2. The summed E-state index contributed by atoms with van der Waals surface area (Å²) < 4.78 is 28.4. The minimum Gasteiger partial charge on any atom is -0.454 e. The fraction of sp³-hybridized carbons (Fsp3) is 0.421. The van der Waals surface area contributed by atoms with Gasteiger partial charge in [-0.1, -0.05) is 46.4 Å². The first-order valence-corrected chi connectivity index (χ1v) is 21.5. The van der Waals surface area contributed by atoms with Crippen molar-refractivity contribution in [1.29, 1.82) is 0 Å². The van der Waals surface area contributed by atoms with Crippen molar-refractivity contribution in [2.75, 3.05) is 51.2 Å². The molecule has 4 aromatic heterocycles. The molecule has 8 rings (SSSR count). The average molecular weight is 1020 g/mol. The number of fused-ring (bicyclic) bond motifs is 4. The van der Waals surface area contributed by atoms with E-state index in [4.69, 9.17) is 40.4 Å². The van der Waals surface area contributed by atoms with Crippen LogP contribution in [0.15, 0.2) is 47.0 Å². The second kappa shape index (κ2) is 17.9. The molecule has 6 heterocycles. The van der Waals surface area contributed by atoms with Gasteiger partial charge < -0.3 is 50.2 Å². The summed E-state index contributed by atoms with van der Waals surface area (Å²) in [6, 6.07) is 8.01. The van der Waals surface area contributed by atoms with E-state index in [-0.39, 0.29) is 19.0 Å². The van der Waals surface area contributed by atoms with Crippen LogP contribution >= 0.6 is 56.9 Å². The number of ether oxygens (including phenoxy) is 4. The number of nitrogen functional groups attached to an aromatic ring is 2. The molecule has 16 nitrogen and oxygen atoms in total. The number of hydrogen-bond acceptors (Lipinski definition) is 15. The van der Waals surface area contributed by atoms with E-state index in [0.29, 0.717) is 35.0 Å². The molecule has 2 aliphatic heterocycles. The Hall–Kier alpha value is -3.93. The molecule has 0 unspecified atom stereocenters. The van der Waals surface area contributed by atoms with Gasteiger partial charge >= 0.3 is 0 Å². The van der Waals surface area contributed by atoms with Crippen LogP contribution in [0.25, 0.3) is 22.3 Å². The van der Waals surface area contributed by atoms with Gasteiger partial charge in [0.05, 0.1) is 0 Å². The zero-order valence-corrected chi connectivity index (χ0v) is 37.6. The van der Waals surface area contributed by atoms with Gasteiger partial charge in [0.1, 0.15) is 18.5 Å². The molecule has 19 heteroatoms. The molecule has 0 radical (unpaired) electrons. The van der Waals surface area contributed by atoms with Crippen LogP contribution in [0.2, 0.25) is 0 Å². The minimum absolute atomic E-state index is 0.226. The zero-order valence-electron chi connectivity index (χ0n) is 32.4. The van der Waals surface area contributed by atoms with E-state index in [9.17, 15) is 0 Å². The summed E-state index contributed by atoms with van der Waals surface area (Å²) in [5, 5.41) is 7.81. The Morgan fingerprint density at radius 2 is 1.32 bits per heavy atom. The predicted octanol–water partition coefficient (Wildman–Crippen LogP) is 6.11. The van der Waals surface area contributed by atoms with Gasteiger partial charge in [-0.2, -0.15) is 0 Å². The maximum absolute atomic E-state index is 6.06. The van der Waals surface area contributed by atoms with E-state index in [0.717, 1.165) is 102 Å². The first kappa shape index (κ1) is 41.2. The van der Waals surface area contributed by atoms with Crippen molar-refractivity contribution in [3.63, 3.8) is 0 Å². The summed E-state index contributed by atoms with van der Waals surface area (Å²) in [4.78, 5) is 27.6. The van der Waals surface area contributed by atoms with Crippen molar-refractivity contribution >= 4 is 90.9 Å². The van der Waals surface area contributed by atoms with E-state index in [2.05, 4.69) is 120 Å². The molecule has 0 saturated carbocycles. The van der Waals surface area contributed by atoms with Crippen LogP contribution in [-0.2, 0) is 19.5 Å². The third-order valence-electron chi connectivity index (χ3n) is 8.92. The summed E-state index contributed by atoms with van der Waals surface area (Å²) >= 11 is 6.19. The first-order chi connectivity index (χ1) is 27.3. The first-order valence-electron chi connectivity index (χ1n) is 18.5. The lowest BCUT2D eigenvalue weighted by molar-refractivity contribution is 0.173. The summed E-state index contributed by atoms with van der Waals surface area (Å²) in [7, 11) is 0. The number of nitrogens with two attached hydrogens (primary N) is 2. The number of halogens is 2. The molecule has 0 aliphatic carbocycles. The highest BCUT2D eigenvalue weighted by Gasteiger charge is 2.22. The van der Waals surface area contributed by atoms with Gasteiger partial charge in [0.25, 0.3) is 0 Å². The molecule has 6 N–H and O–H groups in total. The van der Waals surface area contributed by atoms with Crippen LogP contribution in [0.5, 0.6) is 23.0 Å². The number of anilines is 2. The third-order valence-corrected chi connectivity index (χ3v) is 12.2. The molecule has 0 saturated heterocycles. The molecule has 57 heavy (non-hydrogen) atoms. The van der Waals surface area contributed by atoms with Crippen LogP contribution in [-0.4, -0.2) is 78.8 Å². The number of hydrogen-bond donors (Lipinski definition) is 4. The van der Waals surface area contributed by atoms with E-state index in [1.165, 1.54) is 12.7 Å². The zero-order chi connectivity index (χ0) is 40.3. The minimum atomic E-state index is 0.226. The van der Waals surface area contributed by atoms with Crippen LogP contribution in [0.4, 0.5) is 11.6 Å². The Kier molecular flexibility index (Phi) is 13.0. The van der Waals surface area contributed by atoms with Crippen LogP contribution in [0.1, 0.15) is 46.0 Å². The molecule has 2 aliphatic rings. The molecule has 0 fully saturated rings. The maximum atomic E-state index is 6.06. The Labute approximate surface area is 362 Å². The predicted molar refractivity (Wildman–Crippen MR) is 237 cm³/mol. The Balaban J connectivity index is 0.000000174. The number of nitrogens with one attached hydrogen (secondary N) is 2. The molecule has 0 atom stereocenters. The van der Waals surface area contributed by atoms with Gasteiger partial charge in [-0.3, -0.25) is 0 Å². The number of nitrogens with zero attached hydrogens (tertiary/aromatic N) is 8. The monoisotopic (exact) mass is 1020 g/mol. The fourth-order valence-corrected chi connectivity index (χ4v) is 8.50. The molecule has 0 bridgehead atoms. The average Bonchev–Trinajstić information content (AvgIpc) is 3.95. The molecule has 2 aromatic carbocycles. The number of benzene rings is 2. The van der Waals surface area contributed by atoms with Gasteiger partial charge in [0, 0.05) is 51.2 Å². The van der Waals surface area contributed by atoms with Crippen LogP contribution in [0, 0.1) is 18.5 Å². The van der Waals surface area contributed by atoms with Crippen molar-refractivity contribution < 1.29 is 18.9 Å². The highest BCUT2D eigenvalue weighted by Crippen LogP contribution is 2.42. The molecule has 6 aromatic rings. The van der Waals surface area contributed by atoms with Crippen molar-refractivity contribution in [2.24, 2.45) is 11.3 Å². The summed E-state index contributed by atoms with van der Waals surface area (Å²) in [6.45, 7) is 16.6. The Morgan fingerprint density at radius 1 is 0.754 bits per heavy atom. The number of aromatic nitrogens is 8. The summed E-state index contributed by atoms with van der Waals surface area (Å²) in [6.07, 6.45) is 3.62. The van der Waals surface area contributed by atoms with E-state index >= 15 is 0 Å². The van der Waals surface area contributed by atoms with Gasteiger partial charge in [-0.25, -0.2) is 29.9 Å². The van der Waals surface area contributed by atoms with E-state index in [1.54, 1.807) is 11.8 Å². The quantitative estimate of drug-likeness (QED) is 0.0763. The maximum Gasteiger partial charge on any atom is 0.231 e. The standard InChI is InChI=1S/C19H23IN6O2S.C19H23IN6O2/c1-19(2,3)8-22-4-5-26-17-15(16(21)23-9-24-17)25-18(26)29-14-7-13-12(6-11(14)20)27-10-28-13;1-11(2)8-22-3-4-26-16(25-17-18(21)23-9-24-19(17)26)6-12-5-14-15(7-13(12)20)28-10-27-14/h6-7,9,22H,4-5,8,10H2,1-3H3,(H2,21,23,24);5,7,9,11,22H,3-4,6,8,10H2,1-2H3,(H2,21,23,24). The molecular formula is C38H46I2N12O4S. The molecule has 0 spiro atoms. The van der Waals surface area contributed by atoms with Crippen LogP contribution < -0.4 is 41.0 Å². The SMILES string of the molecule is CC(C)(C)CNCCn1c(Sc2cc3c(cc2I)OCO3)nc2c(N)ncnc21.CC(C)CNCCn1c(Cc2cc3c(cc2I)OCO3)nc2c(N)ncnc21. The molecule has 302 valence electrons. The van der Waals surface area contributed by atoms with Crippen molar-refractivity contribution in [3.8, 4) is 23.0 Å². The third kappa shape index (κ3) is 9.86. The van der Waals surface area contributed by atoms with Gasteiger partial charge in [0.2, 0.25) is 13.6 Å². The fourth-order valence-electron chi connectivity index (χ4n) is 6.16. The molecule has 0 amide bonds. The van der Waals surface area contributed by atoms with E-state index in [1.807, 2.05) is 24.3 Å². The smallest absolute Gasteiger partial charge is 0.231 e. The van der Waals surface area contributed by atoms with Crippen molar-refractivity contribution in [1.82, 2.24) is 49.7 Å². The van der Waals surface area contributed by atoms with Gasteiger partial charge in [0.15, 0.2) is 62.1 Å². The Morgan fingerprint density at radius 3 is 1.96 bits per heavy atom. The van der Waals surface area contributed by atoms with Gasteiger partial charge in [-0.15, -0.1) is 0 Å². The lowest BCUT2D eigenvalue weighted by atomic mass is 9.97. The van der Waals surface area contributed by atoms with Crippen molar-refractivity contribution in [2.45, 2.75) is 64.2 Å². The van der Waals surface area contributed by atoms with Crippen LogP contribution in [0.3, 0.4) is 0 Å². The lowest BCUT2D eigenvalue weighted by Gasteiger charge is -2.19. The highest BCUT2D eigenvalue weighted by molar-refractivity contribution is 14.1. The second-order valence-electron chi connectivity index (χ2n) is 15.1. The lowest BCUT2D eigenvalue weighted by Crippen LogP contribution is -2.29. The van der Waals surface area contributed by atoms with Gasteiger partial charge in [-0.05, 0) is 92.9 Å². The Bertz CT molecular complexity index is 2380. The topological polar surface area (TPSA) is 200 Å². The van der Waals surface area contributed by atoms with E-state index < -0.39 is 0 Å². The summed E-state index contributed by atoms with van der Waals surface area (Å²) in [5.41, 5.74) is 16.2. The highest BCUT2D eigenvalue weighted by atomic mass is 127. The number of imidazole rings is 2. The largest absolute Gasteiger partial charge is 0.454 e.